The van der Waals surface area contributed by atoms with Crippen molar-refractivity contribution in [3.8, 4) is 0 Å². The van der Waals surface area contributed by atoms with Crippen molar-refractivity contribution in [3.63, 3.8) is 0 Å². The fraction of sp³-hybridized carbons (Fsp3) is 0.350. The summed E-state index contributed by atoms with van der Waals surface area (Å²) in [5.74, 6) is -0.302. The fourth-order valence-corrected chi connectivity index (χ4v) is 2.69. The summed E-state index contributed by atoms with van der Waals surface area (Å²) in [5.41, 5.74) is 4.76. The molecule has 0 unspecified atom stereocenters. The van der Waals surface area contributed by atoms with Crippen LogP contribution in [0.5, 0.6) is 0 Å². The second-order valence-corrected chi connectivity index (χ2v) is 6.35. The van der Waals surface area contributed by atoms with Gasteiger partial charge in [0.2, 0.25) is 11.8 Å². The molecule has 25 heavy (non-hydrogen) atoms. The topological polar surface area (TPSA) is 64.0 Å². The van der Waals surface area contributed by atoms with Gasteiger partial charge in [-0.15, -0.1) is 0 Å². The number of amides is 1. The lowest BCUT2D eigenvalue weighted by atomic mass is 10.1. The molecular weight excluding hydrogens is 314 g/mol. The van der Waals surface area contributed by atoms with Crippen LogP contribution in [0, 0.1) is 13.8 Å². The van der Waals surface area contributed by atoms with E-state index < -0.39 is 0 Å². The smallest absolute Gasteiger partial charge is 0.247 e. The molecular formula is C20H25N3O2. The van der Waals surface area contributed by atoms with Crippen molar-refractivity contribution in [3.05, 3.63) is 65.0 Å². The number of rotatable bonds is 7. The van der Waals surface area contributed by atoms with Crippen LogP contribution in [0.2, 0.25) is 0 Å². The molecule has 1 N–H and O–H groups in total. The summed E-state index contributed by atoms with van der Waals surface area (Å²) in [6.07, 6.45) is 0.997. The second kappa shape index (κ2) is 8.42. The standard InChI is InChI=1S/C20H25N3O2/c1-14(2)12-18-15(3)22-23(16(18)4)20(25)11-10-19(24)21-13-17-8-6-5-7-9-17/h5-9H,1,10-13H2,2-4H3,(H,21,24). The van der Waals surface area contributed by atoms with Gasteiger partial charge in [0.15, 0.2) is 0 Å². The summed E-state index contributed by atoms with van der Waals surface area (Å²) in [6.45, 7) is 10.1. The van der Waals surface area contributed by atoms with Crippen molar-refractivity contribution in [2.45, 2.75) is 46.6 Å². The Bertz CT molecular complexity index is 776. The molecule has 0 saturated heterocycles. The van der Waals surface area contributed by atoms with E-state index >= 15 is 0 Å². The largest absolute Gasteiger partial charge is 0.352 e. The third-order valence-corrected chi connectivity index (χ3v) is 4.05. The SMILES string of the molecule is C=C(C)Cc1c(C)nn(C(=O)CCC(=O)NCc2ccccc2)c1C. The van der Waals surface area contributed by atoms with Crippen LogP contribution in [-0.4, -0.2) is 21.6 Å². The molecule has 5 nitrogen and oxygen atoms in total. The van der Waals surface area contributed by atoms with Crippen LogP contribution >= 0.6 is 0 Å². The quantitative estimate of drug-likeness (QED) is 0.787. The third-order valence-electron chi connectivity index (χ3n) is 4.05. The molecule has 0 aliphatic heterocycles. The number of carbonyl (C=O) groups is 2. The van der Waals surface area contributed by atoms with Gasteiger partial charge in [-0.1, -0.05) is 42.5 Å². The highest BCUT2D eigenvalue weighted by Crippen LogP contribution is 2.17. The van der Waals surface area contributed by atoms with E-state index in [0.29, 0.717) is 13.0 Å². The first-order chi connectivity index (χ1) is 11.9. The van der Waals surface area contributed by atoms with Crippen molar-refractivity contribution < 1.29 is 9.59 Å². The molecule has 1 amide bonds. The minimum Gasteiger partial charge on any atom is -0.352 e. The Morgan fingerprint density at radius 1 is 1.16 bits per heavy atom. The van der Waals surface area contributed by atoms with Crippen LogP contribution in [0.3, 0.4) is 0 Å². The van der Waals surface area contributed by atoms with Gasteiger partial charge in [0.1, 0.15) is 0 Å². The van der Waals surface area contributed by atoms with Gasteiger partial charge in [-0.2, -0.15) is 5.10 Å². The summed E-state index contributed by atoms with van der Waals surface area (Å²) in [4.78, 5) is 24.3. The van der Waals surface area contributed by atoms with Crippen molar-refractivity contribution in [2.24, 2.45) is 0 Å². The van der Waals surface area contributed by atoms with Gasteiger partial charge in [-0.3, -0.25) is 9.59 Å². The van der Waals surface area contributed by atoms with Gasteiger partial charge >= 0.3 is 0 Å². The van der Waals surface area contributed by atoms with Crippen LogP contribution in [0.25, 0.3) is 0 Å². The van der Waals surface area contributed by atoms with Crippen LogP contribution in [0.15, 0.2) is 42.5 Å². The number of hydrogen-bond acceptors (Lipinski definition) is 3. The van der Waals surface area contributed by atoms with E-state index in [-0.39, 0.29) is 24.7 Å². The maximum Gasteiger partial charge on any atom is 0.247 e. The summed E-state index contributed by atoms with van der Waals surface area (Å²) in [6, 6.07) is 9.68. The zero-order valence-electron chi connectivity index (χ0n) is 15.1. The minimum absolute atomic E-state index is 0.134. The molecule has 2 aromatic rings. The van der Waals surface area contributed by atoms with E-state index in [4.69, 9.17) is 0 Å². The van der Waals surface area contributed by atoms with Crippen LogP contribution in [0.1, 0.15) is 47.1 Å². The molecule has 0 bridgehead atoms. The Labute approximate surface area is 148 Å². The molecule has 132 valence electrons. The van der Waals surface area contributed by atoms with Crippen molar-refractivity contribution >= 4 is 11.8 Å². The minimum atomic E-state index is -0.163. The molecule has 0 radical (unpaired) electrons. The van der Waals surface area contributed by atoms with Crippen LogP contribution < -0.4 is 5.32 Å². The fourth-order valence-electron chi connectivity index (χ4n) is 2.69. The third kappa shape index (κ3) is 5.14. The van der Waals surface area contributed by atoms with E-state index in [2.05, 4.69) is 17.0 Å². The predicted octanol–water partition coefficient (Wildman–Crippen LogP) is 3.36. The lowest BCUT2D eigenvalue weighted by Gasteiger charge is -2.06. The highest BCUT2D eigenvalue weighted by atomic mass is 16.2. The Kier molecular flexibility index (Phi) is 6.28. The molecule has 1 heterocycles. The average molecular weight is 339 g/mol. The zero-order valence-corrected chi connectivity index (χ0v) is 15.1. The first kappa shape index (κ1) is 18.6. The van der Waals surface area contributed by atoms with E-state index in [1.807, 2.05) is 51.1 Å². The average Bonchev–Trinajstić information content (AvgIpc) is 2.86. The molecule has 5 heteroatoms. The first-order valence-corrected chi connectivity index (χ1v) is 8.41. The van der Waals surface area contributed by atoms with Gasteiger partial charge < -0.3 is 5.32 Å². The van der Waals surface area contributed by atoms with Gasteiger partial charge in [0.25, 0.3) is 0 Å². The predicted molar refractivity (Wildman–Crippen MR) is 98.4 cm³/mol. The van der Waals surface area contributed by atoms with E-state index in [1.165, 1.54) is 4.68 Å². The van der Waals surface area contributed by atoms with Gasteiger partial charge in [0, 0.05) is 30.6 Å². The lowest BCUT2D eigenvalue weighted by Crippen LogP contribution is -2.24. The van der Waals surface area contributed by atoms with E-state index in [0.717, 1.165) is 28.1 Å². The molecule has 0 saturated carbocycles. The highest BCUT2D eigenvalue weighted by Gasteiger charge is 2.17. The van der Waals surface area contributed by atoms with Crippen molar-refractivity contribution in [2.75, 3.05) is 0 Å². The molecule has 0 spiro atoms. The molecule has 0 atom stereocenters. The Hall–Kier alpha value is -2.69. The number of nitrogens with zero attached hydrogens (tertiary/aromatic N) is 2. The normalized spacial score (nSPS) is 10.5. The summed E-state index contributed by atoms with van der Waals surface area (Å²) >= 11 is 0. The van der Waals surface area contributed by atoms with E-state index in [9.17, 15) is 9.59 Å². The maximum absolute atomic E-state index is 12.4. The van der Waals surface area contributed by atoms with Crippen LogP contribution in [0.4, 0.5) is 0 Å². The summed E-state index contributed by atoms with van der Waals surface area (Å²) in [5, 5.41) is 7.16. The number of benzene rings is 1. The Balaban J connectivity index is 1.89. The van der Waals surface area contributed by atoms with Crippen LogP contribution in [-0.2, 0) is 17.8 Å². The number of nitrogens with one attached hydrogen (secondary N) is 1. The molecule has 2 rings (SSSR count). The number of aromatic nitrogens is 2. The number of allylic oxidation sites excluding steroid dienone is 1. The molecule has 1 aromatic carbocycles. The number of hydrogen-bond donors (Lipinski definition) is 1. The van der Waals surface area contributed by atoms with Crippen molar-refractivity contribution in [1.82, 2.24) is 15.1 Å². The highest BCUT2D eigenvalue weighted by molar-refractivity contribution is 5.85. The van der Waals surface area contributed by atoms with Crippen molar-refractivity contribution in [1.29, 1.82) is 0 Å². The number of aryl methyl sites for hydroxylation is 1. The zero-order chi connectivity index (χ0) is 18.4. The maximum atomic E-state index is 12.4. The molecule has 0 aliphatic carbocycles. The van der Waals surface area contributed by atoms with Gasteiger partial charge in [-0.25, -0.2) is 4.68 Å². The number of carbonyl (C=O) groups excluding carboxylic acids is 2. The molecule has 0 fully saturated rings. The molecule has 0 aliphatic rings. The van der Waals surface area contributed by atoms with Gasteiger partial charge in [0.05, 0.1) is 5.69 Å². The van der Waals surface area contributed by atoms with E-state index in [1.54, 1.807) is 0 Å². The monoisotopic (exact) mass is 339 g/mol. The van der Waals surface area contributed by atoms with Gasteiger partial charge in [-0.05, 0) is 32.8 Å². The molecule has 1 aromatic heterocycles. The first-order valence-electron chi connectivity index (χ1n) is 8.41. The Morgan fingerprint density at radius 3 is 2.48 bits per heavy atom. The lowest BCUT2D eigenvalue weighted by molar-refractivity contribution is -0.121. The second-order valence-electron chi connectivity index (χ2n) is 6.35. The Morgan fingerprint density at radius 2 is 1.84 bits per heavy atom. The summed E-state index contributed by atoms with van der Waals surface area (Å²) < 4.78 is 1.41. The summed E-state index contributed by atoms with van der Waals surface area (Å²) in [7, 11) is 0.